The van der Waals surface area contributed by atoms with Crippen molar-refractivity contribution in [2.24, 2.45) is 0 Å². The first kappa shape index (κ1) is 14.3. The highest BCUT2D eigenvalue weighted by atomic mass is 19.1. The van der Waals surface area contributed by atoms with Crippen molar-refractivity contribution in [2.75, 3.05) is 11.9 Å². The summed E-state index contributed by atoms with van der Waals surface area (Å²) in [6.45, 7) is 2.51. The third-order valence-electron chi connectivity index (χ3n) is 3.39. The molecule has 0 saturated heterocycles. The zero-order valence-electron chi connectivity index (χ0n) is 12.5. The van der Waals surface area contributed by atoms with Crippen LogP contribution in [0.5, 0.6) is 0 Å². The molecule has 5 heteroatoms. The van der Waals surface area contributed by atoms with E-state index in [1.54, 1.807) is 18.2 Å². The van der Waals surface area contributed by atoms with Crippen LogP contribution in [0, 0.1) is 12.7 Å². The van der Waals surface area contributed by atoms with Crippen LogP contribution in [-0.4, -0.2) is 17.2 Å². The molecule has 2 aromatic carbocycles. The summed E-state index contributed by atoms with van der Waals surface area (Å²) >= 11 is 0. The Hall–Kier alpha value is -2.69. The summed E-state index contributed by atoms with van der Waals surface area (Å²) in [6.07, 6.45) is 0. The highest BCUT2D eigenvalue weighted by Crippen LogP contribution is 2.22. The summed E-state index contributed by atoms with van der Waals surface area (Å²) in [4.78, 5) is 2.01. The van der Waals surface area contributed by atoms with Crippen LogP contribution in [0.3, 0.4) is 0 Å². The van der Waals surface area contributed by atoms with Crippen molar-refractivity contribution in [2.45, 2.75) is 13.5 Å². The Bertz CT molecular complexity index is 785. The minimum atomic E-state index is -0.371. The Labute approximate surface area is 128 Å². The van der Waals surface area contributed by atoms with Gasteiger partial charge in [-0.25, -0.2) is 4.39 Å². The molecule has 3 rings (SSSR count). The molecule has 0 bridgehead atoms. The molecule has 1 heterocycles. The van der Waals surface area contributed by atoms with Gasteiger partial charge in [0.1, 0.15) is 5.82 Å². The zero-order chi connectivity index (χ0) is 15.5. The van der Waals surface area contributed by atoms with Crippen molar-refractivity contribution >= 4 is 5.69 Å². The molecular weight excluding hydrogens is 281 g/mol. The molecule has 112 valence electrons. The van der Waals surface area contributed by atoms with Gasteiger partial charge in [-0.15, -0.1) is 10.2 Å². The van der Waals surface area contributed by atoms with E-state index in [-0.39, 0.29) is 11.7 Å². The van der Waals surface area contributed by atoms with Gasteiger partial charge in [-0.05, 0) is 36.8 Å². The van der Waals surface area contributed by atoms with E-state index in [9.17, 15) is 4.39 Å². The van der Waals surface area contributed by atoms with E-state index in [4.69, 9.17) is 4.42 Å². The molecule has 0 saturated carbocycles. The van der Waals surface area contributed by atoms with Crippen LogP contribution in [0.2, 0.25) is 0 Å². The Balaban J connectivity index is 1.79. The molecular formula is C17H16FN3O. The van der Waals surface area contributed by atoms with Crippen LogP contribution < -0.4 is 4.90 Å². The number of aryl methyl sites for hydroxylation is 1. The lowest BCUT2D eigenvalue weighted by molar-refractivity contribution is 0.499. The molecule has 0 radical (unpaired) electrons. The molecule has 4 nitrogen and oxygen atoms in total. The van der Waals surface area contributed by atoms with Crippen molar-refractivity contribution in [3.8, 4) is 11.5 Å². The fraction of sp³-hybridized carbons (Fsp3) is 0.176. The summed E-state index contributed by atoms with van der Waals surface area (Å²) in [5, 5.41) is 7.92. The van der Waals surface area contributed by atoms with Gasteiger partial charge in [-0.1, -0.05) is 24.3 Å². The standard InChI is InChI=1S/C17H16FN3O/c1-12-6-5-7-13(10-12)21(2)11-16-19-20-17(22-16)14-8-3-4-9-15(14)18/h3-10H,11H2,1-2H3. The van der Waals surface area contributed by atoms with Crippen molar-refractivity contribution in [1.29, 1.82) is 0 Å². The summed E-state index contributed by atoms with van der Waals surface area (Å²) < 4.78 is 19.3. The predicted octanol–water partition coefficient (Wildman–Crippen LogP) is 3.82. The lowest BCUT2D eigenvalue weighted by atomic mass is 10.2. The van der Waals surface area contributed by atoms with E-state index in [1.807, 2.05) is 37.1 Å². The first-order valence-corrected chi connectivity index (χ1v) is 6.98. The molecule has 0 N–H and O–H groups in total. The third-order valence-corrected chi connectivity index (χ3v) is 3.39. The molecule has 0 atom stereocenters. The Morgan fingerprint density at radius 3 is 2.68 bits per heavy atom. The van der Waals surface area contributed by atoms with E-state index in [2.05, 4.69) is 16.3 Å². The molecule has 0 spiro atoms. The number of benzene rings is 2. The van der Waals surface area contributed by atoms with Crippen molar-refractivity contribution < 1.29 is 8.81 Å². The number of hydrogen-bond acceptors (Lipinski definition) is 4. The van der Waals surface area contributed by atoms with Gasteiger partial charge in [0.2, 0.25) is 5.89 Å². The van der Waals surface area contributed by atoms with Gasteiger partial charge in [0.05, 0.1) is 12.1 Å². The fourth-order valence-corrected chi connectivity index (χ4v) is 2.22. The van der Waals surface area contributed by atoms with Gasteiger partial charge in [0.15, 0.2) is 0 Å². The fourth-order valence-electron chi connectivity index (χ4n) is 2.22. The van der Waals surface area contributed by atoms with Crippen LogP contribution in [0.25, 0.3) is 11.5 Å². The van der Waals surface area contributed by atoms with Gasteiger partial charge in [0, 0.05) is 12.7 Å². The molecule has 0 aliphatic rings. The topological polar surface area (TPSA) is 42.2 Å². The first-order valence-electron chi connectivity index (χ1n) is 6.98. The summed E-state index contributed by atoms with van der Waals surface area (Å²) in [7, 11) is 1.95. The SMILES string of the molecule is Cc1cccc(N(C)Cc2nnc(-c3ccccc3F)o2)c1. The van der Waals surface area contributed by atoms with E-state index in [0.717, 1.165) is 5.69 Å². The van der Waals surface area contributed by atoms with Crippen molar-refractivity contribution in [3.63, 3.8) is 0 Å². The normalized spacial score (nSPS) is 10.7. The maximum atomic E-state index is 13.7. The van der Waals surface area contributed by atoms with Gasteiger partial charge in [0.25, 0.3) is 5.89 Å². The molecule has 0 aliphatic heterocycles. The number of nitrogens with zero attached hydrogens (tertiary/aromatic N) is 3. The zero-order valence-corrected chi connectivity index (χ0v) is 12.5. The Morgan fingerprint density at radius 1 is 1.09 bits per heavy atom. The highest BCUT2D eigenvalue weighted by Gasteiger charge is 2.13. The lowest BCUT2D eigenvalue weighted by Gasteiger charge is -2.17. The third kappa shape index (κ3) is 2.98. The van der Waals surface area contributed by atoms with E-state index < -0.39 is 0 Å². The number of aromatic nitrogens is 2. The molecule has 0 aliphatic carbocycles. The summed E-state index contributed by atoms with van der Waals surface area (Å²) in [5.41, 5.74) is 2.56. The molecule has 3 aromatic rings. The number of rotatable bonds is 4. The van der Waals surface area contributed by atoms with Crippen LogP contribution in [-0.2, 0) is 6.54 Å². The largest absolute Gasteiger partial charge is 0.419 e. The molecule has 1 aromatic heterocycles. The van der Waals surface area contributed by atoms with E-state index in [0.29, 0.717) is 18.0 Å². The average molecular weight is 297 g/mol. The van der Waals surface area contributed by atoms with Crippen LogP contribution in [0.15, 0.2) is 52.9 Å². The van der Waals surface area contributed by atoms with Crippen LogP contribution in [0.1, 0.15) is 11.5 Å². The molecule has 0 amide bonds. The first-order chi connectivity index (χ1) is 10.6. The monoisotopic (exact) mass is 297 g/mol. The maximum absolute atomic E-state index is 13.7. The summed E-state index contributed by atoms with van der Waals surface area (Å²) in [5.74, 6) is 0.276. The predicted molar refractivity (Wildman–Crippen MR) is 83.0 cm³/mol. The second-order valence-corrected chi connectivity index (χ2v) is 5.18. The maximum Gasteiger partial charge on any atom is 0.250 e. The Morgan fingerprint density at radius 2 is 1.91 bits per heavy atom. The molecule has 0 fully saturated rings. The summed E-state index contributed by atoms with van der Waals surface area (Å²) in [6, 6.07) is 14.5. The lowest BCUT2D eigenvalue weighted by Crippen LogP contribution is -2.16. The second-order valence-electron chi connectivity index (χ2n) is 5.18. The van der Waals surface area contributed by atoms with Crippen LogP contribution in [0.4, 0.5) is 10.1 Å². The van der Waals surface area contributed by atoms with Gasteiger partial charge in [-0.3, -0.25) is 0 Å². The van der Waals surface area contributed by atoms with Gasteiger partial charge < -0.3 is 9.32 Å². The van der Waals surface area contributed by atoms with Crippen molar-refractivity contribution in [3.05, 3.63) is 65.8 Å². The Kier molecular flexibility index (Phi) is 3.87. The number of halogens is 1. The number of hydrogen-bond donors (Lipinski definition) is 0. The minimum Gasteiger partial charge on any atom is -0.419 e. The van der Waals surface area contributed by atoms with E-state index in [1.165, 1.54) is 11.6 Å². The smallest absolute Gasteiger partial charge is 0.250 e. The molecule has 0 unspecified atom stereocenters. The van der Waals surface area contributed by atoms with E-state index >= 15 is 0 Å². The highest BCUT2D eigenvalue weighted by molar-refractivity contribution is 5.53. The quantitative estimate of drug-likeness (QED) is 0.734. The van der Waals surface area contributed by atoms with Gasteiger partial charge in [-0.2, -0.15) is 0 Å². The van der Waals surface area contributed by atoms with Gasteiger partial charge >= 0.3 is 0 Å². The number of anilines is 1. The van der Waals surface area contributed by atoms with Crippen LogP contribution >= 0.6 is 0 Å². The minimum absolute atomic E-state index is 0.200. The van der Waals surface area contributed by atoms with Crippen molar-refractivity contribution in [1.82, 2.24) is 10.2 Å². The average Bonchev–Trinajstić information content (AvgIpc) is 2.96. The second kappa shape index (κ2) is 5.97. The molecule has 22 heavy (non-hydrogen) atoms.